The molecule has 0 saturated carbocycles. The van der Waals surface area contributed by atoms with Crippen LogP contribution in [-0.2, 0) is 9.53 Å². The summed E-state index contributed by atoms with van der Waals surface area (Å²) in [7, 11) is 0. The molecular weight excluding hydrogens is 360 g/mol. The van der Waals surface area contributed by atoms with E-state index >= 15 is 0 Å². The smallest absolute Gasteiger partial charge is 0.303 e. The number of carboxylic acid groups (broad SMARTS) is 1. The van der Waals surface area contributed by atoms with Gasteiger partial charge in [0.2, 0.25) is 0 Å². The Kier molecular flexibility index (Phi) is 12.4. The topological polar surface area (TPSA) is 107 Å². The van der Waals surface area contributed by atoms with Crippen LogP contribution in [-0.4, -0.2) is 56.9 Å². The molecule has 0 aromatic carbocycles. The molecule has 6 heteroatoms. The number of hydrogen-bond acceptors (Lipinski definition) is 5. The van der Waals surface area contributed by atoms with Gasteiger partial charge >= 0.3 is 5.97 Å². The molecule has 0 aromatic heterocycles. The quantitative estimate of drug-likeness (QED) is 0.358. The van der Waals surface area contributed by atoms with Crippen LogP contribution in [0.2, 0.25) is 0 Å². The van der Waals surface area contributed by atoms with E-state index in [2.05, 4.69) is 0 Å². The number of carboxylic acids is 1. The highest BCUT2D eigenvalue weighted by molar-refractivity contribution is 5.66. The Balaban J connectivity index is 2.22. The third kappa shape index (κ3) is 10.6. The summed E-state index contributed by atoms with van der Waals surface area (Å²) < 4.78 is 5.70. The average Bonchev–Trinajstić information content (AvgIpc) is 3.04. The summed E-state index contributed by atoms with van der Waals surface area (Å²) in [5.74, 6) is -0.785. The van der Waals surface area contributed by atoms with Gasteiger partial charge in [-0.05, 0) is 32.1 Å². The number of aliphatic carboxylic acids is 1. The molecule has 0 aromatic rings. The van der Waals surface area contributed by atoms with E-state index in [1.165, 1.54) is 0 Å². The van der Waals surface area contributed by atoms with Crippen LogP contribution in [0.1, 0.15) is 51.9 Å². The van der Waals surface area contributed by atoms with Gasteiger partial charge in [-0.2, -0.15) is 0 Å². The van der Waals surface area contributed by atoms with Gasteiger partial charge in [0, 0.05) is 12.8 Å². The second-order valence-electron chi connectivity index (χ2n) is 6.92. The van der Waals surface area contributed by atoms with Gasteiger partial charge in [0.05, 0.1) is 24.4 Å². The molecule has 1 saturated heterocycles. The van der Waals surface area contributed by atoms with E-state index in [0.717, 1.165) is 12.8 Å². The molecule has 1 heterocycles. The van der Waals surface area contributed by atoms with Crippen LogP contribution in [0.25, 0.3) is 0 Å². The molecule has 1 fully saturated rings. The van der Waals surface area contributed by atoms with Crippen molar-refractivity contribution in [3.05, 3.63) is 48.6 Å². The van der Waals surface area contributed by atoms with Crippen LogP contribution < -0.4 is 0 Å². The number of carbonyl (C=O) groups is 1. The molecular formula is C22H34O6. The third-order valence-electron chi connectivity index (χ3n) is 4.50. The lowest BCUT2D eigenvalue weighted by atomic mass is 10.0. The minimum Gasteiger partial charge on any atom is -0.481 e. The molecule has 158 valence electrons. The van der Waals surface area contributed by atoms with Crippen molar-refractivity contribution < 1.29 is 30.0 Å². The Morgan fingerprint density at radius 2 is 1.75 bits per heavy atom. The maximum absolute atomic E-state index is 10.4. The Labute approximate surface area is 167 Å². The zero-order valence-corrected chi connectivity index (χ0v) is 16.6. The molecule has 0 aliphatic carbocycles. The van der Waals surface area contributed by atoms with Crippen LogP contribution in [0.4, 0.5) is 0 Å². The first-order chi connectivity index (χ1) is 13.4. The van der Waals surface area contributed by atoms with Crippen molar-refractivity contribution in [2.75, 3.05) is 0 Å². The fraction of sp³-hybridized carbons (Fsp3) is 0.591. The Morgan fingerprint density at radius 1 is 1.11 bits per heavy atom. The van der Waals surface area contributed by atoms with Gasteiger partial charge in [0.25, 0.3) is 0 Å². The summed E-state index contributed by atoms with van der Waals surface area (Å²) in [6.45, 7) is 1.87. The highest BCUT2D eigenvalue weighted by atomic mass is 16.5. The first-order valence-corrected chi connectivity index (χ1v) is 9.98. The van der Waals surface area contributed by atoms with Gasteiger partial charge in [-0.3, -0.25) is 4.79 Å². The molecule has 0 spiro atoms. The molecule has 6 nitrogen and oxygen atoms in total. The zero-order chi connectivity index (χ0) is 20.8. The van der Waals surface area contributed by atoms with E-state index in [4.69, 9.17) is 9.84 Å². The normalized spacial score (nSPS) is 25.5. The predicted molar refractivity (Wildman–Crippen MR) is 109 cm³/mol. The second-order valence-corrected chi connectivity index (χ2v) is 6.92. The van der Waals surface area contributed by atoms with Gasteiger partial charge in [0.1, 0.15) is 6.10 Å². The Morgan fingerprint density at radius 3 is 2.39 bits per heavy atom. The third-order valence-corrected chi connectivity index (χ3v) is 4.50. The molecule has 0 unspecified atom stereocenters. The van der Waals surface area contributed by atoms with Gasteiger partial charge < -0.3 is 25.2 Å². The van der Waals surface area contributed by atoms with E-state index in [0.29, 0.717) is 25.7 Å². The minimum atomic E-state index is -0.785. The monoisotopic (exact) mass is 394 g/mol. The molecule has 0 radical (unpaired) electrons. The number of aliphatic hydroxyl groups is 3. The number of allylic oxidation sites excluding steroid dienone is 5. The lowest BCUT2D eigenvalue weighted by Crippen LogP contribution is -2.25. The molecule has 0 bridgehead atoms. The first kappa shape index (κ1) is 24.3. The maximum atomic E-state index is 10.4. The summed E-state index contributed by atoms with van der Waals surface area (Å²) >= 11 is 0. The summed E-state index contributed by atoms with van der Waals surface area (Å²) in [4.78, 5) is 10.4. The van der Waals surface area contributed by atoms with Gasteiger partial charge in [-0.1, -0.05) is 55.5 Å². The van der Waals surface area contributed by atoms with E-state index in [-0.39, 0.29) is 6.42 Å². The highest BCUT2D eigenvalue weighted by Crippen LogP contribution is 2.25. The zero-order valence-electron chi connectivity index (χ0n) is 16.6. The van der Waals surface area contributed by atoms with Crippen molar-refractivity contribution in [3.8, 4) is 0 Å². The van der Waals surface area contributed by atoms with Gasteiger partial charge in [0.15, 0.2) is 0 Å². The summed E-state index contributed by atoms with van der Waals surface area (Å²) in [5, 5.41) is 38.3. The van der Waals surface area contributed by atoms with Crippen LogP contribution in [0.5, 0.6) is 0 Å². The first-order valence-electron chi connectivity index (χ1n) is 9.98. The molecule has 1 aliphatic heterocycles. The number of rotatable bonds is 13. The molecule has 1 rings (SSSR count). The standard InChI is InChI=1S/C22H34O6/c1-2-17(23)14-15-20-19(25)16-21(28-20)18(24)12-10-8-6-4-3-5-7-9-11-13-22(26)27/h3-4,7-10,14-15,17-21,23-25H,2,5-6,11-13,16H2,1H3,(H,26,27)/b4-3-,9-7-,10-8-,15-14+/t17-,18+,19+,20+,21+/m0/s1. The predicted octanol–water partition coefficient (Wildman–Crippen LogP) is 2.90. The number of ether oxygens (including phenoxy) is 1. The fourth-order valence-corrected chi connectivity index (χ4v) is 2.77. The largest absolute Gasteiger partial charge is 0.481 e. The van der Waals surface area contributed by atoms with E-state index in [1.54, 1.807) is 12.2 Å². The second kappa shape index (κ2) is 14.3. The lowest BCUT2D eigenvalue weighted by Gasteiger charge is -2.16. The molecule has 1 aliphatic rings. The van der Waals surface area contributed by atoms with Crippen LogP contribution in [0.15, 0.2) is 48.6 Å². The summed E-state index contributed by atoms with van der Waals surface area (Å²) in [5.41, 5.74) is 0. The molecule has 0 amide bonds. The van der Waals surface area contributed by atoms with E-state index in [1.807, 2.05) is 43.4 Å². The van der Waals surface area contributed by atoms with Crippen LogP contribution >= 0.6 is 0 Å². The van der Waals surface area contributed by atoms with E-state index in [9.17, 15) is 20.1 Å². The fourth-order valence-electron chi connectivity index (χ4n) is 2.77. The van der Waals surface area contributed by atoms with Gasteiger partial charge in [-0.25, -0.2) is 0 Å². The molecule has 5 atom stereocenters. The highest BCUT2D eigenvalue weighted by Gasteiger charge is 2.35. The van der Waals surface area contributed by atoms with Crippen molar-refractivity contribution in [2.24, 2.45) is 0 Å². The minimum absolute atomic E-state index is 0.157. The Hall–Kier alpha value is -1.73. The van der Waals surface area contributed by atoms with Crippen molar-refractivity contribution in [1.29, 1.82) is 0 Å². The summed E-state index contributed by atoms with van der Waals surface area (Å²) in [6, 6.07) is 0. The van der Waals surface area contributed by atoms with Crippen molar-refractivity contribution in [2.45, 2.75) is 82.4 Å². The average molecular weight is 395 g/mol. The maximum Gasteiger partial charge on any atom is 0.303 e. The number of aliphatic hydroxyl groups excluding tert-OH is 3. The lowest BCUT2D eigenvalue weighted by molar-refractivity contribution is -0.136. The van der Waals surface area contributed by atoms with Crippen LogP contribution in [0, 0.1) is 0 Å². The van der Waals surface area contributed by atoms with Crippen molar-refractivity contribution >= 4 is 5.97 Å². The molecule has 28 heavy (non-hydrogen) atoms. The van der Waals surface area contributed by atoms with Crippen molar-refractivity contribution in [3.63, 3.8) is 0 Å². The van der Waals surface area contributed by atoms with Gasteiger partial charge in [-0.15, -0.1) is 0 Å². The van der Waals surface area contributed by atoms with Crippen LogP contribution in [0.3, 0.4) is 0 Å². The Bertz CT molecular complexity index is 551. The molecule has 4 N–H and O–H groups in total. The SMILES string of the molecule is CC[C@H](O)/C=C/[C@H]1O[C@@H]([C@H](O)C/C=C\C/C=C\C/C=C\CCC(=O)O)C[C@H]1O. The number of hydrogen-bond donors (Lipinski definition) is 4. The summed E-state index contributed by atoms with van der Waals surface area (Å²) in [6.07, 6.45) is 15.9. The van der Waals surface area contributed by atoms with Crippen molar-refractivity contribution in [1.82, 2.24) is 0 Å². The van der Waals surface area contributed by atoms with E-state index < -0.39 is 36.5 Å².